The van der Waals surface area contributed by atoms with Gasteiger partial charge in [-0.15, -0.1) is 0 Å². The monoisotopic (exact) mass is 532 g/mol. The summed E-state index contributed by atoms with van der Waals surface area (Å²) in [5.41, 5.74) is 5.05. The minimum atomic E-state index is -5.08. The lowest BCUT2D eigenvalue weighted by atomic mass is 9.60. The molecule has 3 heterocycles. The number of likely N-dealkylation sites (tertiary alicyclic amines) is 2. The van der Waals surface area contributed by atoms with Gasteiger partial charge in [-0.1, -0.05) is 47.5 Å². The third kappa shape index (κ3) is 6.04. The Hall–Kier alpha value is -2.91. The smallest absolute Gasteiger partial charge is 0.475 e. The van der Waals surface area contributed by atoms with Crippen molar-refractivity contribution in [2.45, 2.75) is 45.8 Å². The van der Waals surface area contributed by atoms with Gasteiger partial charge in [-0.25, -0.2) is 4.79 Å². The molecule has 5 rings (SSSR count). The summed E-state index contributed by atoms with van der Waals surface area (Å²) in [6, 6.07) is 17.0. The highest BCUT2D eigenvalue weighted by atomic mass is 19.4. The molecule has 9 heteroatoms. The van der Waals surface area contributed by atoms with Crippen molar-refractivity contribution >= 4 is 11.9 Å². The van der Waals surface area contributed by atoms with Crippen LogP contribution in [0.25, 0.3) is 0 Å². The fourth-order valence-electron chi connectivity index (χ4n) is 6.46. The minimum absolute atomic E-state index is 0.192. The predicted molar refractivity (Wildman–Crippen MR) is 137 cm³/mol. The summed E-state index contributed by atoms with van der Waals surface area (Å²) >= 11 is 0. The Morgan fingerprint density at radius 2 is 1.53 bits per heavy atom. The SMILES string of the molecule is Cc1cc(C)cc(C(=O)N2CCC3(CC2)CN(Cc2ccccc2)CC32CCOC2)c1.O=C(O)C(F)(F)F. The molecule has 0 saturated carbocycles. The van der Waals surface area contributed by atoms with Crippen LogP contribution in [0.1, 0.15) is 46.3 Å². The van der Waals surface area contributed by atoms with Gasteiger partial charge in [0.05, 0.1) is 6.61 Å². The number of hydrogen-bond donors (Lipinski definition) is 1. The van der Waals surface area contributed by atoms with E-state index < -0.39 is 12.1 Å². The summed E-state index contributed by atoms with van der Waals surface area (Å²) < 4.78 is 37.7. The molecule has 1 N–H and O–H groups in total. The predicted octanol–water partition coefficient (Wildman–Crippen LogP) is 5.08. The standard InChI is InChI=1S/C27H34N2O2.C2HF3O2/c1-21-14-22(2)16-24(15-21)25(30)29-11-8-26(9-12-29)18-28(17-23-6-4-3-5-7-23)19-27(26)10-13-31-20-27;3-2(4,5)1(6)7/h3-7,14-16H,8-13,17-20H2,1-2H3;(H,6,7). The van der Waals surface area contributed by atoms with E-state index in [1.54, 1.807) is 0 Å². The van der Waals surface area contributed by atoms with Crippen molar-refractivity contribution in [1.29, 1.82) is 0 Å². The molecule has 206 valence electrons. The number of benzene rings is 2. The van der Waals surface area contributed by atoms with Gasteiger partial charge in [-0.2, -0.15) is 13.2 Å². The number of carboxylic acid groups (broad SMARTS) is 1. The summed E-state index contributed by atoms with van der Waals surface area (Å²) in [6.45, 7) is 10.9. The zero-order valence-electron chi connectivity index (χ0n) is 21.9. The molecule has 3 saturated heterocycles. The Kier molecular flexibility index (Phi) is 8.18. The number of nitrogens with zero attached hydrogens (tertiary/aromatic N) is 2. The van der Waals surface area contributed by atoms with Crippen LogP contribution in [-0.4, -0.2) is 72.4 Å². The molecule has 0 radical (unpaired) electrons. The average molecular weight is 533 g/mol. The van der Waals surface area contributed by atoms with E-state index in [1.807, 2.05) is 12.1 Å². The maximum Gasteiger partial charge on any atom is 0.490 e. The average Bonchev–Trinajstić information content (AvgIpc) is 3.44. The number of aryl methyl sites for hydroxylation is 2. The summed E-state index contributed by atoms with van der Waals surface area (Å²) in [4.78, 5) is 26.8. The molecule has 1 atom stereocenters. The van der Waals surface area contributed by atoms with Crippen LogP contribution in [0.15, 0.2) is 48.5 Å². The van der Waals surface area contributed by atoms with Gasteiger partial charge in [-0.05, 0) is 56.2 Å². The summed E-state index contributed by atoms with van der Waals surface area (Å²) in [5.74, 6) is -2.56. The molecule has 3 fully saturated rings. The van der Waals surface area contributed by atoms with Crippen LogP contribution in [0.5, 0.6) is 0 Å². The molecule has 1 unspecified atom stereocenters. The summed E-state index contributed by atoms with van der Waals surface area (Å²) in [7, 11) is 0. The van der Waals surface area contributed by atoms with E-state index in [-0.39, 0.29) is 16.7 Å². The molecule has 0 bridgehead atoms. The third-order valence-electron chi connectivity index (χ3n) is 8.25. The second-order valence-electron chi connectivity index (χ2n) is 11.0. The summed E-state index contributed by atoms with van der Waals surface area (Å²) in [6.07, 6.45) is -1.76. The second-order valence-corrected chi connectivity index (χ2v) is 11.0. The van der Waals surface area contributed by atoms with Crippen molar-refractivity contribution < 1.29 is 32.6 Å². The Labute approximate surface area is 221 Å². The largest absolute Gasteiger partial charge is 0.490 e. The van der Waals surface area contributed by atoms with Crippen molar-refractivity contribution in [3.05, 3.63) is 70.8 Å². The van der Waals surface area contributed by atoms with Gasteiger partial charge in [0.15, 0.2) is 0 Å². The molecule has 6 nitrogen and oxygen atoms in total. The number of carboxylic acids is 1. The zero-order chi connectivity index (χ0) is 27.6. The van der Waals surface area contributed by atoms with Crippen LogP contribution in [0.4, 0.5) is 13.2 Å². The van der Waals surface area contributed by atoms with E-state index in [0.717, 1.165) is 81.9 Å². The molecule has 3 aliphatic heterocycles. The maximum atomic E-state index is 13.2. The molecular formula is C29H35F3N2O4. The zero-order valence-corrected chi connectivity index (χ0v) is 21.9. The quantitative estimate of drug-likeness (QED) is 0.597. The van der Waals surface area contributed by atoms with Crippen LogP contribution >= 0.6 is 0 Å². The van der Waals surface area contributed by atoms with E-state index >= 15 is 0 Å². The summed E-state index contributed by atoms with van der Waals surface area (Å²) in [5, 5.41) is 7.12. The van der Waals surface area contributed by atoms with Gasteiger partial charge in [0, 0.05) is 50.3 Å². The number of alkyl halides is 3. The Bertz CT molecular complexity index is 1120. The highest BCUT2D eigenvalue weighted by Gasteiger charge is 2.59. The van der Waals surface area contributed by atoms with Crippen molar-refractivity contribution in [3.8, 4) is 0 Å². The molecule has 38 heavy (non-hydrogen) atoms. The first kappa shape index (κ1) is 28.1. The first-order valence-corrected chi connectivity index (χ1v) is 12.9. The number of amides is 1. The van der Waals surface area contributed by atoms with E-state index in [4.69, 9.17) is 14.6 Å². The minimum Gasteiger partial charge on any atom is -0.475 e. The van der Waals surface area contributed by atoms with Crippen LogP contribution < -0.4 is 0 Å². The first-order valence-electron chi connectivity index (χ1n) is 12.9. The molecular weight excluding hydrogens is 497 g/mol. The fourth-order valence-corrected chi connectivity index (χ4v) is 6.46. The first-order chi connectivity index (χ1) is 17.9. The van der Waals surface area contributed by atoms with Gasteiger partial charge in [-0.3, -0.25) is 9.69 Å². The Balaban J connectivity index is 0.000000426. The Morgan fingerprint density at radius 1 is 0.947 bits per heavy atom. The molecule has 3 aliphatic rings. The lowest BCUT2D eigenvalue weighted by Crippen LogP contribution is -2.51. The van der Waals surface area contributed by atoms with Gasteiger partial charge in [0.25, 0.3) is 5.91 Å². The number of carbonyl (C=O) groups is 2. The number of halogens is 3. The lowest BCUT2D eigenvalue weighted by Gasteiger charge is -2.47. The number of aliphatic carboxylic acids is 1. The van der Waals surface area contributed by atoms with E-state index in [9.17, 15) is 18.0 Å². The molecule has 2 spiro atoms. The number of fused-ring (bicyclic) bond motifs is 1. The number of rotatable bonds is 3. The molecule has 1 amide bonds. The van der Waals surface area contributed by atoms with Crippen LogP contribution in [0.3, 0.4) is 0 Å². The number of piperidine rings is 1. The highest BCUT2D eigenvalue weighted by molar-refractivity contribution is 5.94. The van der Waals surface area contributed by atoms with Crippen molar-refractivity contribution in [1.82, 2.24) is 9.80 Å². The third-order valence-corrected chi connectivity index (χ3v) is 8.25. The molecule has 0 aliphatic carbocycles. The number of ether oxygens (including phenoxy) is 1. The maximum absolute atomic E-state index is 13.2. The van der Waals surface area contributed by atoms with Crippen LogP contribution in [0, 0.1) is 24.7 Å². The van der Waals surface area contributed by atoms with Gasteiger partial charge in [0.2, 0.25) is 0 Å². The number of carbonyl (C=O) groups excluding carboxylic acids is 1. The van der Waals surface area contributed by atoms with E-state index in [2.05, 4.69) is 60.0 Å². The van der Waals surface area contributed by atoms with Crippen LogP contribution in [0.2, 0.25) is 0 Å². The second kappa shape index (κ2) is 11.1. The Morgan fingerprint density at radius 3 is 2.05 bits per heavy atom. The molecule has 2 aromatic carbocycles. The van der Waals surface area contributed by atoms with Crippen molar-refractivity contribution in [3.63, 3.8) is 0 Å². The van der Waals surface area contributed by atoms with Gasteiger partial charge >= 0.3 is 12.1 Å². The van der Waals surface area contributed by atoms with Crippen molar-refractivity contribution in [2.75, 3.05) is 39.4 Å². The molecule has 0 aromatic heterocycles. The van der Waals surface area contributed by atoms with Crippen LogP contribution in [-0.2, 0) is 16.1 Å². The normalized spacial score (nSPS) is 22.9. The molecule has 2 aromatic rings. The fraction of sp³-hybridized carbons (Fsp3) is 0.517. The van der Waals surface area contributed by atoms with Crippen molar-refractivity contribution in [2.24, 2.45) is 10.8 Å². The number of hydrogen-bond acceptors (Lipinski definition) is 4. The van der Waals surface area contributed by atoms with Gasteiger partial charge in [0.1, 0.15) is 0 Å². The van der Waals surface area contributed by atoms with Gasteiger partial charge < -0.3 is 14.7 Å². The highest BCUT2D eigenvalue weighted by Crippen LogP contribution is 2.57. The van der Waals surface area contributed by atoms with E-state index in [0.29, 0.717) is 0 Å². The van der Waals surface area contributed by atoms with E-state index in [1.165, 1.54) is 5.56 Å². The lowest BCUT2D eigenvalue weighted by molar-refractivity contribution is -0.192. The topological polar surface area (TPSA) is 70.1 Å².